The van der Waals surface area contributed by atoms with Crippen molar-refractivity contribution in [2.24, 2.45) is 0 Å². The molecule has 0 aliphatic heterocycles. The summed E-state index contributed by atoms with van der Waals surface area (Å²) >= 11 is 1.57. The molecule has 1 rings (SSSR count). The van der Waals surface area contributed by atoms with Crippen LogP contribution in [0.1, 0.15) is 30.9 Å². The molecule has 17 heavy (non-hydrogen) atoms. The van der Waals surface area contributed by atoms with Gasteiger partial charge in [0.25, 0.3) is 0 Å². The Morgan fingerprint density at radius 3 is 2.59 bits per heavy atom. The van der Waals surface area contributed by atoms with Gasteiger partial charge in [0.15, 0.2) is 0 Å². The molecule has 0 aliphatic carbocycles. The monoisotopic (exact) mass is 254 g/mol. The van der Waals surface area contributed by atoms with Crippen LogP contribution in [0.4, 0.5) is 0 Å². The highest BCUT2D eigenvalue weighted by atomic mass is 32.2. The van der Waals surface area contributed by atoms with Gasteiger partial charge in [0.2, 0.25) is 0 Å². The maximum atomic E-state index is 11.1. The minimum absolute atomic E-state index is 0.516. The van der Waals surface area contributed by atoms with Crippen molar-refractivity contribution < 1.29 is 14.6 Å². The minimum atomic E-state index is -0.813. The molecule has 3 nitrogen and oxygen atoms in total. The highest BCUT2D eigenvalue weighted by molar-refractivity contribution is 7.98. The van der Waals surface area contributed by atoms with Gasteiger partial charge in [-0.05, 0) is 42.9 Å². The normalized spacial score (nSPS) is 12.2. The number of carboxylic acids is 1. The summed E-state index contributed by atoms with van der Waals surface area (Å²) in [6.45, 7) is 3.75. The van der Waals surface area contributed by atoms with E-state index in [1.807, 2.05) is 18.4 Å². The number of carboxylic acid groups (broad SMARTS) is 1. The van der Waals surface area contributed by atoms with Gasteiger partial charge in [0.1, 0.15) is 5.75 Å². The number of thioether (sulfide) groups is 1. The molecule has 1 aromatic rings. The Morgan fingerprint density at radius 2 is 2.18 bits per heavy atom. The summed E-state index contributed by atoms with van der Waals surface area (Å²) < 4.78 is 5.30. The van der Waals surface area contributed by atoms with Gasteiger partial charge in [-0.15, -0.1) is 11.8 Å². The molecule has 0 aliphatic rings. The number of hydrogen-bond donors (Lipinski definition) is 1. The van der Waals surface area contributed by atoms with Crippen molar-refractivity contribution in [3.63, 3.8) is 0 Å². The van der Waals surface area contributed by atoms with Gasteiger partial charge < -0.3 is 9.84 Å². The molecule has 1 N–H and O–H groups in total. The predicted molar refractivity (Wildman–Crippen MR) is 70.2 cm³/mol. The fraction of sp³-hybridized carbons (Fsp3) is 0.462. The number of methoxy groups -OCH3 is 1. The van der Waals surface area contributed by atoms with Gasteiger partial charge in [-0.1, -0.05) is 6.92 Å². The van der Waals surface area contributed by atoms with Gasteiger partial charge in [-0.2, -0.15) is 0 Å². The molecule has 0 fully saturated rings. The Balaban J connectivity index is 3.33. The van der Waals surface area contributed by atoms with Gasteiger partial charge >= 0.3 is 5.97 Å². The summed E-state index contributed by atoms with van der Waals surface area (Å²) in [5.41, 5.74) is 1.93. The molecule has 1 unspecified atom stereocenters. The summed E-state index contributed by atoms with van der Waals surface area (Å²) in [6.07, 6.45) is 2.83. The van der Waals surface area contributed by atoms with Crippen LogP contribution in [0.2, 0.25) is 0 Å². The second-order valence-electron chi connectivity index (χ2n) is 3.82. The molecule has 0 spiro atoms. The lowest BCUT2D eigenvalue weighted by Crippen LogP contribution is -2.09. The summed E-state index contributed by atoms with van der Waals surface area (Å²) in [5, 5.41) is 9.10. The Hall–Kier alpha value is -1.16. The third kappa shape index (κ3) is 2.94. The van der Waals surface area contributed by atoms with Gasteiger partial charge in [0, 0.05) is 4.90 Å². The maximum Gasteiger partial charge on any atom is 0.310 e. The molecule has 0 bridgehead atoms. The van der Waals surface area contributed by atoms with E-state index in [9.17, 15) is 4.79 Å². The number of aliphatic carboxylic acids is 1. The van der Waals surface area contributed by atoms with Crippen LogP contribution in [0.25, 0.3) is 0 Å². The lowest BCUT2D eigenvalue weighted by molar-refractivity contribution is -0.138. The molecule has 0 aromatic heterocycles. The van der Waals surface area contributed by atoms with E-state index in [-0.39, 0.29) is 0 Å². The molecule has 1 atom stereocenters. The third-order valence-corrected chi connectivity index (χ3v) is 3.64. The molecule has 0 saturated heterocycles. The zero-order valence-corrected chi connectivity index (χ0v) is 11.4. The van der Waals surface area contributed by atoms with Crippen molar-refractivity contribution in [1.29, 1.82) is 0 Å². The van der Waals surface area contributed by atoms with Crippen LogP contribution in [0.3, 0.4) is 0 Å². The number of ether oxygens (including phenoxy) is 1. The molecule has 0 heterocycles. The number of carbonyl (C=O) groups is 1. The van der Waals surface area contributed by atoms with E-state index in [2.05, 4.69) is 6.92 Å². The second-order valence-corrected chi connectivity index (χ2v) is 4.67. The van der Waals surface area contributed by atoms with Crippen LogP contribution in [0.15, 0.2) is 17.0 Å². The van der Waals surface area contributed by atoms with Crippen molar-refractivity contribution >= 4 is 17.7 Å². The van der Waals surface area contributed by atoms with Crippen LogP contribution in [-0.4, -0.2) is 24.4 Å². The fourth-order valence-electron chi connectivity index (χ4n) is 1.73. The molecular formula is C13H18O3S. The first-order valence-corrected chi connectivity index (χ1v) is 6.75. The number of aryl methyl sites for hydroxylation is 1. The highest BCUT2D eigenvalue weighted by Crippen LogP contribution is 2.34. The highest BCUT2D eigenvalue weighted by Gasteiger charge is 2.19. The maximum absolute atomic E-state index is 11.1. The average molecular weight is 254 g/mol. The van der Waals surface area contributed by atoms with Crippen molar-refractivity contribution in [2.75, 3.05) is 13.4 Å². The standard InChI is InChI=1S/C13H18O3S/c1-5-9-6-12(17-4)10(7-11(9)16-3)8(2)13(14)15/h6-8H,5H2,1-4H3,(H,14,15). The van der Waals surface area contributed by atoms with Crippen molar-refractivity contribution in [1.82, 2.24) is 0 Å². The van der Waals surface area contributed by atoms with Gasteiger partial charge in [-0.25, -0.2) is 0 Å². The van der Waals surface area contributed by atoms with Crippen LogP contribution in [-0.2, 0) is 11.2 Å². The average Bonchev–Trinajstić information content (AvgIpc) is 2.35. The van der Waals surface area contributed by atoms with Crippen molar-refractivity contribution in [3.8, 4) is 5.75 Å². The zero-order valence-electron chi connectivity index (χ0n) is 10.6. The SMILES string of the molecule is CCc1cc(SC)c(C(C)C(=O)O)cc1OC. The second kappa shape index (κ2) is 5.96. The minimum Gasteiger partial charge on any atom is -0.496 e. The first kappa shape index (κ1) is 13.9. The molecule has 0 saturated carbocycles. The third-order valence-electron chi connectivity index (χ3n) is 2.85. The Labute approximate surface area is 106 Å². The lowest BCUT2D eigenvalue weighted by Gasteiger charge is -2.16. The van der Waals surface area contributed by atoms with Crippen LogP contribution < -0.4 is 4.74 Å². The van der Waals surface area contributed by atoms with E-state index in [0.29, 0.717) is 0 Å². The van der Waals surface area contributed by atoms with Crippen molar-refractivity contribution in [3.05, 3.63) is 23.3 Å². The van der Waals surface area contributed by atoms with E-state index in [1.165, 1.54) is 0 Å². The predicted octanol–water partition coefficient (Wildman–Crippen LogP) is 3.17. The smallest absolute Gasteiger partial charge is 0.310 e. The van der Waals surface area contributed by atoms with Crippen LogP contribution in [0, 0.1) is 0 Å². The topological polar surface area (TPSA) is 46.5 Å². The first-order chi connectivity index (χ1) is 8.04. The molecule has 1 aromatic carbocycles. The molecule has 94 valence electrons. The molecule has 0 radical (unpaired) electrons. The Bertz CT molecular complexity index is 415. The van der Waals surface area contributed by atoms with E-state index >= 15 is 0 Å². The lowest BCUT2D eigenvalue weighted by atomic mass is 9.98. The van der Waals surface area contributed by atoms with Crippen LogP contribution >= 0.6 is 11.8 Å². The van der Waals surface area contributed by atoms with E-state index in [1.54, 1.807) is 25.8 Å². The zero-order chi connectivity index (χ0) is 13.0. The van der Waals surface area contributed by atoms with Crippen LogP contribution in [0.5, 0.6) is 5.75 Å². The Morgan fingerprint density at radius 1 is 1.53 bits per heavy atom. The van der Waals surface area contributed by atoms with Gasteiger partial charge in [-0.3, -0.25) is 4.79 Å². The summed E-state index contributed by atoms with van der Waals surface area (Å²) in [5.74, 6) is -0.558. The molecule has 4 heteroatoms. The van der Waals surface area contributed by atoms with E-state index < -0.39 is 11.9 Å². The Kier molecular flexibility index (Phi) is 4.87. The summed E-state index contributed by atoms with van der Waals surface area (Å²) in [6, 6.07) is 3.88. The quantitative estimate of drug-likeness (QED) is 0.820. The summed E-state index contributed by atoms with van der Waals surface area (Å²) in [4.78, 5) is 12.1. The molecular weight excluding hydrogens is 236 g/mol. The number of rotatable bonds is 5. The van der Waals surface area contributed by atoms with Gasteiger partial charge in [0.05, 0.1) is 13.0 Å². The van der Waals surface area contributed by atoms with E-state index in [0.717, 1.165) is 28.2 Å². The number of benzene rings is 1. The van der Waals surface area contributed by atoms with E-state index in [4.69, 9.17) is 9.84 Å². The van der Waals surface area contributed by atoms with Crippen molar-refractivity contribution in [2.45, 2.75) is 31.1 Å². The molecule has 0 amide bonds. The summed E-state index contributed by atoms with van der Waals surface area (Å²) in [7, 11) is 1.61. The first-order valence-electron chi connectivity index (χ1n) is 5.52. The largest absolute Gasteiger partial charge is 0.496 e. The number of hydrogen-bond acceptors (Lipinski definition) is 3. The fourth-order valence-corrected chi connectivity index (χ4v) is 2.46.